The van der Waals surface area contributed by atoms with Gasteiger partial charge in [0, 0.05) is 16.6 Å². The molecule has 30 heavy (non-hydrogen) atoms. The molecule has 3 aromatic carbocycles. The van der Waals surface area contributed by atoms with E-state index in [-0.39, 0.29) is 16.9 Å². The van der Waals surface area contributed by atoms with Crippen LogP contribution in [0.25, 0.3) is 10.9 Å². The maximum Gasteiger partial charge on any atom is 0.263 e. The van der Waals surface area contributed by atoms with Crippen LogP contribution in [0.2, 0.25) is 0 Å². The molecule has 0 bridgehead atoms. The Labute approximate surface area is 172 Å². The molecule has 4 aromatic rings. The summed E-state index contributed by atoms with van der Waals surface area (Å²) in [6, 6.07) is 17.9. The molecular weight excluding hydrogens is 381 g/mol. The Morgan fingerprint density at radius 2 is 1.63 bits per heavy atom. The van der Waals surface area contributed by atoms with Gasteiger partial charge >= 0.3 is 0 Å². The molecule has 0 aliphatic heterocycles. The topological polar surface area (TPSA) is 77.1 Å². The molecule has 0 radical (unpaired) electrons. The van der Waals surface area contributed by atoms with Gasteiger partial charge in [-0.2, -0.15) is 0 Å². The molecule has 0 fully saturated rings. The SMILES string of the molecule is Cc1cccc(NC(=O)c2c(N)n(C(=O)c3ccc(F)cc3)c3ccccc23)c1C. The molecule has 1 heterocycles. The van der Waals surface area contributed by atoms with E-state index in [1.165, 1.54) is 28.8 Å². The van der Waals surface area contributed by atoms with Crippen molar-refractivity contribution in [1.29, 1.82) is 0 Å². The first kappa shape index (κ1) is 19.4. The smallest absolute Gasteiger partial charge is 0.263 e. The summed E-state index contributed by atoms with van der Waals surface area (Å²) < 4.78 is 14.6. The van der Waals surface area contributed by atoms with Crippen LogP contribution in [0.4, 0.5) is 15.9 Å². The van der Waals surface area contributed by atoms with Crippen LogP contribution in [0.3, 0.4) is 0 Å². The number of anilines is 2. The second kappa shape index (κ2) is 7.48. The van der Waals surface area contributed by atoms with E-state index in [4.69, 9.17) is 5.73 Å². The van der Waals surface area contributed by atoms with E-state index >= 15 is 0 Å². The minimum Gasteiger partial charge on any atom is -0.384 e. The van der Waals surface area contributed by atoms with E-state index in [1.807, 2.05) is 32.0 Å². The summed E-state index contributed by atoms with van der Waals surface area (Å²) in [6.45, 7) is 3.89. The highest BCUT2D eigenvalue weighted by atomic mass is 19.1. The summed E-state index contributed by atoms with van der Waals surface area (Å²) >= 11 is 0. The zero-order chi connectivity index (χ0) is 21.4. The van der Waals surface area contributed by atoms with Gasteiger partial charge in [-0.05, 0) is 61.4 Å². The number of halogens is 1. The largest absolute Gasteiger partial charge is 0.384 e. The first-order chi connectivity index (χ1) is 14.4. The molecule has 1 amide bonds. The highest BCUT2D eigenvalue weighted by Gasteiger charge is 2.25. The molecule has 0 unspecified atom stereocenters. The standard InChI is InChI=1S/C24H20FN3O2/c1-14-6-5-8-19(15(14)2)27-23(29)21-18-7-3-4-9-20(18)28(22(21)26)24(30)16-10-12-17(25)13-11-16/h3-13H,26H2,1-2H3,(H,27,29). The Bertz CT molecular complexity index is 1290. The van der Waals surface area contributed by atoms with Gasteiger partial charge in [-0.1, -0.05) is 30.3 Å². The van der Waals surface area contributed by atoms with Crippen molar-refractivity contribution < 1.29 is 14.0 Å². The van der Waals surface area contributed by atoms with E-state index < -0.39 is 17.6 Å². The molecule has 0 saturated heterocycles. The van der Waals surface area contributed by atoms with Gasteiger partial charge in [-0.25, -0.2) is 4.39 Å². The van der Waals surface area contributed by atoms with E-state index in [0.717, 1.165) is 11.1 Å². The van der Waals surface area contributed by atoms with Crippen LogP contribution in [-0.4, -0.2) is 16.4 Å². The van der Waals surface area contributed by atoms with Crippen LogP contribution in [0.5, 0.6) is 0 Å². The van der Waals surface area contributed by atoms with Gasteiger partial charge in [0.05, 0.1) is 11.1 Å². The Morgan fingerprint density at radius 3 is 2.37 bits per heavy atom. The third kappa shape index (κ3) is 3.22. The van der Waals surface area contributed by atoms with Crippen LogP contribution in [0.15, 0.2) is 66.7 Å². The van der Waals surface area contributed by atoms with Crippen molar-refractivity contribution in [2.45, 2.75) is 13.8 Å². The predicted molar refractivity (Wildman–Crippen MR) is 116 cm³/mol. The highest BCUT2D eigenvalue weighted by molar-refractivity contribution is 6.20. The number of aryl methyl sites for hydroxylation is 1. The number of nitrogens with two attached hydrogens (primary N) is 1. The van der Waals surface area contributed by atoms with Gasteiger partial charge in [0.25, 0.3) is 11.8 Å². The van der Waals surface area contributed by atoms with Crippen LogP contribution < -0.4 is 11.1 Å². The number of fused-ring (bicyclic) bond motifs is 1. The van der Waals surface area contributed by atoms with Gasteiger partial charge in [0.2, 0.25) is 0 Å². The number of aromatic nitrogens is 1. The monoisotopic (exact) mass is 401 g/mol. The fourth-order valence-corrected chi connectivity index (χ4v) is 3.51. The quantitative estimate of drug-likeness (QED) is 0.511. The van der Waals surface area contributed by atoms with Gasteiger partial charge in [-0.3, -0.25) is 14.2 Å². The van der Waals surface area contributed by atoms with Crippen LogP contribution in [0.1, 0.15) is 31.8 Å². The first-order valence-corrected chi connectivity index (χ1v) is 9.45. The van der Waals surface area contributed by atoms with E-state index in [1.54, 1.807) is 24.3 Å². The summed E-state index contributed by atoms with van der Waals surface area (Å²) in [6.07, 6.45) is 0. The number of benzene rings is 3. The molecule has 0 saturated carbocycles. The second-order valence-electron chi connectivity index (χ2n) is 7.13. The summed E-state index contributed by atoms with van der Waals surface area (Å²) in [5.41, 5.74) is 10.0. The molecule has 0 spiro atoms. The lowest BCUT2D eigenvalue weighted by Gasteiger charge is -2.11. The summed E-state index contributed by atoms with van der Waals surface area (Å²) in [5.74, 6) is -1.24. The molecule has 0 aliphatic rings. The van der Waals surface area contributed by atoms with Crippen LogP contribution in [-0.2, 0) is 0 Å². The van der Waals surface area contributed by atoms with Crippen molar-refractivity contribution in [3.8, 4) is 0 Å². The Hall–Kier alpha value is -3.93. The van der Waals surface area contributed by atoms with E-state index in [0.29, 0.717) is 16.6 Å². The lowest BCUT2D eigenvalue weighted by Crippen LogP contribution is -2.18. The van der Waals surface area contributed by atoms with Crippen molar-refractivity contribution in [2.24, 2.45) is 0 Å². The molecule has 1 aromatic heterocycles. The van der Waals surface area contributed by atoms with Crippen molar-refractivity contribution >= 4 is 34.2 Å². The Balaban J connectivity index is 1.82. The molecule has 0 atom stereocenters. The molecule has 0 aliphatic carbocycles. The zero-order valence-electron chi connectivity index (χ0n) is 16.6. The molecule has 5 nitrogen and oxygen atoms in total. The van der Waals surface area contributed by atoms with Crippen molar-refractivity contribution in [1.82, 2.24) is 4.57 Å². The van der Waals surface area contributed by atoms with Gasteiger partial charge < -0.3 is 11.1 Å². The number of carbonyl (C=O) groups is 2. The number of nitrogens with one attached hydrogen (secondary N) is 1. The molecule has 150 valence electrons. The summed E-state index contributed by atoms with van der Waals surface area (Å²) in [7, 11) is 0. The maximum atomic E-state index is 13.3. The highest BCUT2D eigenvalue weighted by Crippen LogP contribution is 2.30. The van der Waals surface area contributed by atoms with Crippen molar-refractivity contribution in [3.63, 3.8) is 0 Å². The molecule has 4 rings (SSSR count). The molecule has 6 heteroatoms. The minimum atomic E-state index is -0.439. The molecule has 3 N–H and O–H groups in total. The average Bonchev–Trinajstić information content (AvgIpc) is 3.03. The van der Waals surface area contributed by atoms with Gasteiger partial charge in [0.15, 0.2) is 0 Å². The molecular formula is C24H20FN3O2. The summed E-state index contributed by atoms with van der Waals surface area (Å²) in [5, 5.41) is 3.47. The van der Waals surface area contributed by atoms with Crippen LogP contribution in [0, 0.1) is 19.7 Å². The maximum absolute atomic E-state index is 13.3. The number of hydrogen-bond donors (Lipinski definition) is 2. The second-order valence-corrected chi connectivity index (χ2v) is 7.13. The number of nitrogens with zero attached hydrogens (tertiary/aromatic N) is 1. The third-order valence-electron chi connectivity index (χ3n) is 5.29. The lowest BCUT2D eigenvalue weighted by molar-refractivity contribution is 0.0967. The minimum absolute atomic E-state index is 0.0355. The normalized spacial score (nSPS) is 10.9. The number of amides is 1. The summed E-state index contributed by atoms with van der Waals surface area (Å²) in [4.78, 5) is 26.3. The first-order valence-electron chi connectivity index (χ1n) is 9.45. The Kier molecular flexibility index (Phi) is 4.83. The lowest BCUT2D eigenvalue weighted by atomic mass is 10.1. The fourth-order valence-electron chi connectivity index (χ4n) is 3.51. The number of rotatable bonds is 3. The number of carbonyl (C=O) groups excluding carboxylic acids is 2. The Morgan fingerprint density at radius 1 is 0.933 bits per heavy atom. The zero-order valence-corrected chi connectivity index (χ0v) is 16.6. The number of nitrogen functional groups attached to an aromatic ring is 1. The van der Waals surface area contributed by atoms with Gasteiger partial charge in [0.1, 0.15) is 11.6 Å². The van der Waals surface area contributed by atoms with Crippen molar-refractivity contribution in [2.75, 3.05) is 11.1 Å². The van der Waals surface area contributed by atoms with Crippen LogP contribution >= 0.6 is 0 Å². The number of para-hydroxylation sites is 1. The predicted octanol–water partition coefficient (Wildman–Crippen LogP) is 4.92. The number of hydrogen-bond acceptors (Lipinski definition) is 3. The van der Waals surface area contributed by atoms with Gasteiger partial charge in [-0.15, -0.1) is 0 Å². The van der Waals surface area contributed by atoms with E-state index in [2.05, 4.69) is 5.32 Å². The fraction of sp³-hybridized carbons (Fsp3) is 0.0833. The third-order valence-corrected chi connectivity index (χ3v) is 5.29. The average molecular weight is 401 g/mol. The van der Waals surface area contributed by atoms with E-state index in [9.17, 15) is 14.0 Å². The van der Waals surface area contributed by atoms with Crippen molar-refractivity contribution in [3.05, 3.63) is 94.8 Å².